The van der Waals surface area contributed by atoms with Crippen LogP contribution in [0, 0.1) is 0 Å². The first kappa shape index (κ1) is 10.4. The molecule has 1 aromatic heterocycles. The van der Waals surface area contributed by atoms with E-state index in [0.29, 0.717) is 11.1 Å². The molecule has 0 radical (unpaired) electrons. The van der Waals surface area contributed by atoms with E-state index in [4.69, 9.17) is 4.74 Å². The van der Waals surface area contributed by atoms with Gasteiger partial charge in [0.1, 0.15) is 11.1 Å². The number of ether oxygens (including phenoxy) is 1. The fraction of sp³-hybridized carbons (Fsp3) is 0.222. The maximum Gasteiger partial charge on any atom is 0.341 e. The number of aromatic nitrogens is 2. The minimum atomic E-state index is -0.363. The Morgan fingerprint density at radius 3 is 3.00 bits per heavy atom. The molecule has 4 nitrogen and oxygen atoms in total. The predicted molar refractivity (Wildman–Crippen MR) is 60.5 cm³/mol. The quantitative estimate of drug-likeness (QED) is 0.595. The second kappa shape index (κ2) is 4.16. The van der Waals surface area contributed by atoms with Crippen molar-refractivity contribution >= 4 is 39.5 Å². The highest BCUT2D eigenvalue weighted by molar-refractivity contribution is 7.98. The van der Waals surface area contributed by atoms with E-state index in [-0.39, 0.29) is 5.97 Å². The standard InChI is InChI=1S/C9H8N2O2S2/c1-13-9(12)7-5(14-2)3-4-6-8(7)10-11-15-6/h3-4H,1-2H3. The Kier molecular flexibility index (Phi) is 2.88. The average molecular weight is 240 g/mol. The number of methoxy groups -OCH3 is 1. The molecule has 15 heavy (non-hydrogen) atoms. The molecule has 0 atom stereocenters. The highest BCUT2D eigenvalue weighted by Crippen LogP contribution is 2.29. The summed E-state index contributed by atoms with van der Waals surface area (Å²) in [6, 6.07) is 3.80. The lowest BCUT2D eigenvalue weighted by Crippen LogP contribution is -2.04. The highest BCUT2D eigenvalue weighted by atomic mass is 32.2. The lowest BCUT2D eigenvalue weighted by atomic mass is 10.2. The fourth-order valence-corrected chi connectivity index (χ4v) is 2.46. The summed E-state index contributed by atoms with van der Waals surface area (Å²) < 4.78 is 9.47. The van der Waals surface area contributed by atoms with Crippen molar-refractivity contribution in [3.8, 4) is 0 Å². The summed E-state index contributed by atoms with van der Waals surface area (Å²) in [6.45, 7) is 0. The molecule has 0 fully saturated rings. The fourth-order valence-electron chi connectivity index (χ4n) is 1.30. The Morgan fingerprint density at radius 2 is 2.33 bits per heavy atom. The Balaban J connectivity index is 2.74. The summed E-state index contributed by atoms with van der Waals surface area (Å²) in [5.41, 5.74) is 1.13. The molecule has 2 aromatic rings. The molecule has 1 aromatic carbocycles. The van der Waals surface area contributed by atoms with Crippen molar-refractivity contribution in [3.63, 3.8) is 0 Å². The van der Waals surface area contributed by atoms with Crippen LogP contribution in [0.15, 0.2) is 17.0 Å². The molecule has 2 rings (SSSR count). The van der Waals surface area contributed by atoms with Crippen molar-refractivity contribution in [2.75, 3.05) is 13.4 Å². The Morgan fingerprint density at radius 1 is 1.53 bits per heavy atom. The Hall–Kier alpha value is -1.14. The van der Waals surface area contributed by atoms with Crippen LogP contribution in [-0.2, 0) is 4.74 Å². The van der Waals surface area contributed by atoms with Gasteiger partial charge in [-0.15, -0.1) is 16.9 Å². The molecule has 0 saturated heterocycles. The van der Waals surface area contributed by atoms with E-state index in [2.05, 4.69) is 9.59 Å². The minimum Gasteiger partial charge on any atom is -0.465 e. The van der Waals surface area contributed by atoms with E-state index >= 15 is 0 Å². The summed E-state index contributed by atoms with van der Waals surface area (Å²) in [5, 5.41) is 3.95. The van der Waals surface area contributed by atoms with Crippen molar-refractivity contribution < 1.29 is 9.53 Å². The van der Waals surface area contributed by atoms with Gasteiger partial charge in [-0.25, -0.2) is 4.79 Å². The molecule has 0 aliphatic rings. The van der Waals surface area contributed by atoms with Crippen LogP contribution in [0.1, 0.15) is 10.4 Å². The van der Waals surface area contributed by atoms with Gasteiger partial charge in [0, 0.05) is 4.90 Å². The first-order chi connectivity index (χ1) is 7.27. The van der Waals surface area contributed by atoms with Crippen LogP contribution in [0.5, 0.6) is 0 Å². The van der Waals surface area contributed by atoms with Gasteiger partial charge in [-0.2, -0.15) is 0 Å². The van der Waals surface area contributed by atoms with Gasteiger partial charge in [-0.1, -0.05) is 4.49 Å². The number of carbonyl (C=O) groups excluding carboxylic acids is 1. The predicted octanol–water partition coefficient (Wildman–Crippen LogP) is 2.20. The number of hydrogen-bond acceptors (Lipinski definition) is 6. The second-order valence-electron chi connectivity index (χ2n) is 2.75. The molecular formula is C9H8N2O2S2. The third-order valence-electron chi connectivity index (χ3n) is 1.99. The van der Waals surface area contributed by atoms with E-state index in [0.717, 1.165) is 9.60 Å². The van der Waals surface area contributed by atoms with Gasteiger partial charge in [0.15, 0.2) is 0 Å². The van der Waals surface area contributed by atoms with Crippen molar-refractivity contribution in [3.05, 3.63) is 17.7 Å². The monoisotopic (exact) mass is 240 g/mol. The summed E-state index contributed by atoms with van der Waals surface area (Å²) in [4.78, 5) is 12.5. The van der Waals surface area contributed by atoms with Crippen LogP contribution < -0.4 is 0 Å². The summed E-state index contributed by atoms with van der Waals surface area (Å²) in [5.74, 6) is -0.363. The van der Waals surface area contributed by atoms with Gasteiger partial charge in [0.05, 0.1) is 11.8 Å². The van der Waals surface area contributed by atoms with Crippen molar-refractivity contribution in [2.45, 2.75) is 4.90 Å². The van der Waals surface area contributed by atoms with E-state index in [1.54, 1.807) is 0 Å². The number of fused-ring (bicyclic) bond motifs is 1. The molecule has 1 heterocycles. The normalized spacial score (nSPS) is 10.5. The topological polar surface area (TPSA) is 52.1 Å². The lowest BCUT2D eigenvalue weighted by Gasteiger charge is -2.04. The van der Waals surface area contributed by atoms with E-state index in [9.17, 15) is 4.79 Å². The second-order valence-corrected chi connectivity index (χ2v) is 4.39. The molecule has 0 spiro atoms. The molecule has 0 bridgehead atoms. The number of benzene rings is 1. The van der Waals surface area contributed by atoms with Gasteiger partial charge < -0.3 is 4.74 Å². The van der Waals surface area contributed by atoms with Crippen LogP contribution >= 0.6 is 23.3 Å². The minimum absolute atomic E-state index is 0.363. The van der Waals surface area contributed by atoms with Crippen LogP contribution in [0.3, 0.4) is 0 Å². The van der Waals surface area contributed by atoms with E-state index in [1.807, 2.05) is 18.4 Å². The van der Waals surface area contributed by atoms with Gasteiger partial charge in [0.2, 0.25) is 0 Å². The largest absolute Gasteiger partial charge is 0.465 e. The first-order valence-electron chi connectivity index (χ1n) is 4.15. The molecule has 6 heteroatoms. The third kappa shape index (κ3) is 1.70. The summed E-state index contributed by atoms with van der Waals surface area (Å²) in [7, 11) is 1.37. The van der Waals surface area contributed by atoms with Gasteiger partial charge in [-0.05, 0) is 29.9 Å². The Labute approximate surface area is 94.8 Å². The third-order valence-corrected chi connectivity index (χ3v) is 3.46. The van der Waals surface area contributed by atoms with E-state index < -0.39 is 0 Å². The molecular weight excluding hydrogens is 232 g/mol. The number of nitrogens with zero attached hydrogens (tertiary/aromatic N) is 2. The van der Waals surface area contributed by atoms with Crippen molar-refractivity contribution in [1.82, 2.24) is 9.59 Å². The van der Waals surface area contributed by atoms with Crippen LogP contribution in [0.2, 0.25) is 0 Å². The average Bonchev–Trinajstić information content (AvgIpc) is 2.74. The molecule has 78 valence electrons. The SMILES string of the molecule is COC(=O)c1c(SC)ccc2snnc12. The van der Waals surface area contributed by atoms with Crippen LogP contribution in [0.4, 0.5) is 0 Å². The highest BCUT2D eigenvalue weighted by Gasteiger charge is 2.17. The van der Waals surface area contributed by atoms with Crippen LogP contribution in [0.25, 0.3) is 10.2 Å². The van der Waals surface area contributed by atoms with E-state index in [1.165, 1.54) is 30.4 Å². The van der Waals surface area contributed by atoms with Crippen molar-refractivity contribution in [2.24, 2.45) is 0 Å². The maximum atomic E-state index is 11.6. The molecule has 0 aliphatic heterocycles. The molecule has 0 saturated carbocycles. The van der Waals surface area contributed by atoms with Gasteiger partial charge in [-0.3, -0.25) is 0 Å². The smallest absolute Gasteiger partial charge is 0.341 e. The van der Waals surface area contributed by atoms with Crippen molar-refractivity contribution in [1.29, 1.82) is 0 Å². The number of carbonyl (C=O) groups is 1. The number of esters is 1. The zero-order valence-corrected chi connectivity index (χ0v) is 9.82. The van der Waals surface area contributed by atoms with Crippen LogP contribution in [-0.4, -0.2) is 28.9 Å². The molecule has 0 amide bonds. The van der Waals surface area contributed by atoms with Gasteiger partial charge in [0.25, 0.3) is 0 Å². The number of rotatable bonds is 2. The first-order valence-corrected chi connectivity index (χ1v) is 6.15. The zero-order valence-electron chi connectivity index (χ0n) is 8.18. The summed E-state index contributed by atoms with van der Waals surface area (Å²) >= 11 is 2.76. The molecule has 0 aliphatic carbocycles. The zero-order chi connectivity index (χ0) is 10.8. The molecule has 0 unspecified atom stereocenters. The number of hydrogen-bond donors (Lipinski definition) is 0. The molecule has 0 N–H and O–H groups in total. The van der Waals surface area contributed by atoms with Gasteiger partial charge >= 0.3 is 5.97 Å². The number of thioether (sulfide) groups is 1. The Bertz CT molecular complexity index is 510. The summed E-state index contributed by atoms with van der Waals surface area (Å²) in [6.07, 6.45) is 1.91. The lowest BCUT2D eigenvalue weighted by molar-refractivity contribution is 0.0599. The maximum absolute atomic E-state index is 11.6.